The van der Waals surface area contributed by atoms with Gasteiger partial charge in [0.25, 0.3) is 0 Å². The van der Waals surface area contributed by atoms with Crippen LogP contribution in [0.5, 0.6) is 0 Å². The molecule has 6 heteroatoms. The summed E-state index contributed by atoms with van der Waals surface area (Å²) in [6.07, 6.45) is 0. The first kappa shape index (κ1) is 14.9. The molecule has 2 N–H and O–H groups in total. The van der Waals surface area contributed by atoms with Gasteiger partial charge < -0.3 is 21.1 Å². The Balaban J connectivity index is -0.000000500. The number of hydrogen-bond acceptors (Lipinski definition) is 5. The second-order valence-electron chi connectivity index (χ2n) is 1.72. The minimum absolute atomic E-state index is 0. The van der Waals surface area contributed by atoms with E-state index in [4.69, 9.17) is 10.2 Å². The van der Waals surface area contributed by atoms with Gasteiger partial charge in [-0.3, -0.25) is 0 Å². The van der Waals surface area contributed by atoms with Gasteiger partial charge in [-0.05, 0) is 0 Å². The second kappa shape index (κ2) is 11.4. The van der Waals surface area contributed by atoms with Gasteiger partial charge in [-0.1, -0.05) is 0 Å². The molecule has 0 aromatic heterocycles. The van der Waals surface area contributed by atoms with Gasteiger partial charge in [0, 0.05) is 0 Å². The Morgan fingerprint density at radius 1 is 1.25 bits per heavy atom. The molecule has 0 spiro atoms. The van der Waals surface area contributed by atoms with Gasteiger partial charge in [0.2, 0.25) is 0 Å². The summed E-state index contributed by atoms with van der Waals surface area (Å²) < 4.78 is 9.08. The minimum atomic E-state index is -0.535. The average Bonchev–Trinajstić information content (AvgIpc) is 2.01. The Morgan fingerprint density at radius 3 is 2.33 bits per heavy atom. The van der Waals surface area contributed by atoms with E-state index in [1.54, 1.807) is 0 Å². The first-order valence-corrected chi connectivity index (χ1v) is 3.26. The summed E-state index contributed by atoms with van der Waals surface area (Å²) in [5.74, 6) is -0.535. The maximum absolute atomic E-state index is 10.5. The SMILES string of the molecule is O=C(COCCO)OCCO.[H-].[Na+]. The molecule has 0 aliphatic heterocycles. The van der Waals surface area contributed by atoms with Gasteiger partial charge in [0.1, 0.15) is 13.2 Å². The smallest absolute Gasteiger partial charge is 1.00 e. The van der Waals surface area contributed by atoms with E-state index in [0.717, 1.165) is 0 Å². The van der Waals surface area contributed by atoms with Crippen molar-refractivity contribution in [1.29, 1.82) is 0 Å². The number of hydrogen-bond donors (Lipinski definition) is 2. The summed E-state index contributed by atoms with van der Waals surface area (Å²) in [6, 6.07) is 0. The molecule has 0 rings (SSSR count). The molecule has 0 fully saturated rings. The van der Waals surface area contributed by atoms with E-state index >= 15 is 0 Å². The molecule has 5 nitrogen and oxygen atoms in total. The van der Waals surface area contributed by atoms with Crippen molar-refractivity contribution in [3.8, 4) is 0 Å². The van der Waals surface area contributed by atoms with Gasteiger partial charge in [-0.15, -0.1) is 0 Å². The molecule has 0 aliphatic carbocycles. The van der Waals surface area contributed by atoms with Crippen LogP contribution >= 0.6 is 0 Å². The van der Waals surface area contributed by atoms with Crippen LogP contribution < -0.4 is 29.6 Å². The molecule has 0 atom stereocenters. The summed E-state index contributed by atoms with van der Waals surface area (Å²) in [4.78, 5) is 10.5. The van der Waals surface area contributed by atoms with Gasteiger partial charge in [-0.25, -0.2) is 4.79 Å². The first-order valence-electron chi connectivity index (χ1n) is 3.26. The quantitative estimate of drug-likeness (QED) is 0.250. The van der Waals surface area contributed by atoms with Gasteiger partial charge in [0.05, 0.1) is 19.8 Å². The van der Waals surface area contributed by atoms with Crippen LogP contribution in [-0.2, 0) is 14.3 Å². The number of aliphatic hydroxyl groups is 2. The van der Waals surface area contributed by atoms with Crippen molar-refractivity contribution in [1.82, 2.24) is 0 Å². The van der Waals surface area contributed by atoms with Crippen LogP contribution in [0.1, 0.15) is 1.43 Å². The van der Waals surface area contributed by atoms with Crippen LogP contribution in [0.15, 0.2) is 0 Å². The summed E-state index contributed by atoms with van der Waals surface area (Å²) in [5, 5.41) is 16.5. The second-order valence-corrected chi connectivity index (χ2v) is 1.72. The van der Waals surface area contributed by atoms with Crippen molar-refractivity contribution in [2.75, 3.05) is 33.0 Å². The third kappa shape index (κ3) is 10.3. The zero-order valence-electron chi connectivity index (χ0n) is 8.15. The van der Waals surface area contributed by atoms with Gasteiger partial charge >= 0.3 is 35.5 Å². The number of carbonyl (C=O) groups excluding carboxylic acids is 1. The number of ether oxygens (including phenoxy) is 2. The first-order chi connectivity index (χ1) is 5.31. The fraction of sp³-hybridized carbons (Fsp3) is 0.833. The average molecular weight is 188 g/mol. The fourth-order valence-corrected chi connectivity index (χ4v) is 0.421. The monoisotopic (exact) mass is 188 g/mol. The van der Waals surface area contributed by atoms with Crippen LogP contribution in [0.2, 0.25) is 0 Å². The molecule has 0 bridgehead atoms. The van der Waals surface area contributed by atoms with E-state index in [9.17, 15) is 4.79 Å². The number of aliphatic hydroxyl groups excluding tert-OH is 2. The van der Waals surface area contributed by atoms with Crippen LogP contribution in [0.25, 0.3) is 0 Å². The summed E-state index contributed by atoms with van der Waals surface area (Å²) in [7, 11) is 0. The van der Waals surface area contributed by atoms with Crippen molar-refractivity contribution in [3.63, 3.8) is 0 Å². The Morgan fingerprint density at radius 2 is 1.83 bits per heavy atom. The molecule has 0 aromatic carbocycles. The standard InChI is InChI=1S/C6H12O5.Na.H/c7-1-3-10-5-6(9)11-4-2-8;;/h7-8H,1-5H2;;/q;+1;-1. The maximum atomic E-state index is 10.5. The molecule has 0 heterocycles. The Labute approximate surface area is 94.4 Å². The Hall–Kier alpha value is 0.350. The largest absolute Gasteiger partial charge is 1.00 e. The van der Waals surface area contributed by atoms with E-state index in [1.807, 2.05) is 0 Å². The zero-order valence-corrected chi connectivity index (χ0v) is 9.15. The van der Waals surface area contributed by atoms with Crippen molar-refractivity contribution in [2.45, 2.75) is 0 Å². The number of carbonyl (C=O) groups is 1. The van der Waals surface area contributed by atoms with Crippen molar-refractivity contribution in [3.05, 3.63) is 0 Å². The molecule has 0 unspecified atom stereocenters. The molecular formula is C6H13NaO5. The van der Waals surface area contributed by atoms with Crippen LogP contribution in [0.4, 0.5) is 0 Å². The van der Waals surface area contributed by atoms with Crippen LogP contribution in [0, 0.1) is 0 Å². The molecular weight excluding hydrogens is 175 g/mol. The molecule has 68 valence electrons. The van der Waals surface area contributed by atoms with Gasteiger partial charge in [-0.2, -0.15) is 0 Å². The molecule has 0 amide bonds. The normalized spacial score (nSPS) is 8.83. The molecule has 12 heavy (non-hydrogen) atoms. The predicted octanol–water partition coefficient (Wildman–Crippen LogP) is -4.35. The molecule has 0 saturated heterocycles. The Kier molecular flexibility index (Phi) is 14.0. The molecule has 0 aromatic rings. The predicted molar refractivity (Wildman–Crippen MR) is 37.1 cm³/mol. The third-order valence-corrected chi connectivity index (χ3v) is 0.810. The van der Waals surface area contributed by atoms with Gasteiger partial charge in [0.15, 0.2) is 0 Å². The third-order valence-electron chi connectivity index (χ3n) is 0.810. The molecule has 0 saturated carbocycles. The van der Waals surface area contributed by atoms with E-state index in [0.29, 0.717) is 0 Å². The number of esters is 1. The summed E-state index contributed by atoms with van der Waals surface area (Å²) in [6.45, 7) is -0.380. The fourth-order valence-electron chi connectivity index (χ4n) is 0.421. The van der Waals surface area contributed by atoms with Crippen molar-refractivity contribution >= 4 is 5.97 Å². The van der Waals surface area contributed by atoms with Crippen molar-refractivity contribution < 1.29 is 55.5 Å². The summed E-state index contributed by atoms with van der Waals surface area (Å²) >= 11 is 0. The van der Waals surface area contributed by atoms with Crippen LogP contribution in [-0.4, -0.2) is 49.2 Å². The number of rotatable bonds is 6. The zero-order chi connectivity index (χ0) is 8.53. The molecule has 0 aliphatic rings. The van der Waals surface area contributed by atoms with E-state index in [1.165, 1.54) is 0 Å². The van der Waals surface area contributed by atoms with E-state index in [2.05, 4.69) is 9.47 Å². The topological polar surface area (TPSA) is 76.0 Å². The van der Waals surface area contributed by atoms with E-state index in [-0.39, 0.29) is 64.0 Å². The molecule has 0 radical (unpaired) electrons. The maximum Gasteiger partial charge on any atom is 1.00 e. The van der Waals surface area contributed by atoms with E-state index < -0.39 is 5.97 Å². The minimum Gasteiger partial charge on any atom is -1.00 e. The van der Waals surface area contributed by atoms with Crippen molar-refractivity contribution in [2.24, 2.45) is 0 Å². The Bertz CT molecular complexity index is 113. The summed E-state index contributed by atoms with van der Waals surface area (Å²) in [5.41, 5.74) is 0. The van der Waals surface area contributed by atoms with Crippen LogP contribution in [0.3, 0.4) is 0 Å².